The van der Waals surface area contributed by atoms with Gasteiger partial charge in [-0.3, -0.25) is 4.98 Å². The molecule has 1 N–H and O–H groups in total. The zero-order valence-corrected chi connectivity index (χ0v) is 10.6. The molecule has 5 heteroatoms. The molecule has 0 aliphatic carbocycles. The van der Waals surface area contributed by atoms with Gasteiger partial charge in [-0.05, 0) is 37.3 Å². The number of fused-ring (bicyclic) bond motifs is 2. The van der Waals surface area contributed by atoms with Crippen LogP contribution in [0.25, 0.3) is 0 Å². The lowest BCUT2D eigenvalue weighted by Crippen LogP contribution is -2.47. The van der Waals surface area contributed by atoms with E-state index < -0.39 is 5.41 Å². The minimum atomic E-state index is -0.553. The predicted molar refractivity (Wildman–Crippen MR) is 66.2 cm³/mol. The highest BCUT2D eigenvalue weighted by Gasteiger charge is 2.49. The third-order valence-electron chi connectivity index (χ3n) is 4.22. The molecule has 2 aliphatic rings. The Bertz CT molecular complexity index is 499. The van der Waals surface area contributed by atoms with E-state index in [-0.39, 0.29) is 12.1 Å². The van der Waals surface area contributed by atoms with Crippen LogP contribution < -0.4 is 0 Å². The van der Waals surface area contributed by atoms with E-state index >= 15 is 0 Å². The Morgan fingerprint density at radius 2 is 2.06 bits per heavy atom. The molecule has 2 atom stereocenters. The van der Waals surface area contributed by atoms with Gasteiger partial charge in [0.1, 0.15) is 0 Å². The first kappa shape index (κ1) is 11.9. The van der Waals surface area contributed by atoms with Crippen molar-refractivity contribution < 1.29 is 5.21 Å². The van der Waals surface area contributed by atoms with E-state index in [1.165, 1.54) is 5.06 Å². The SMILES string of the molecule is N#CC1(c2cncc(Cl)c2)CC2CCC(C1)N2O. The maximum atomic E-state index is 9.92. The van der Waals surface area contributed by atoms with Gasteiger partial charge in [0.25, 0.3) is 0 Å². The summed E-state index contributed by atoms with van der Waals surface area (Å²) in [4.78, 5) is 4.08. The number of nitriles is 1. The van der Waals surface area contributed by atoms with Gasteiger partial charge in [-0.15, -0.1) is 0 Å². The number of hydroxylamine groups is 2. The molecule has 4 nitrogen and oxygen atoms in total. The Kier molecular flexibility index (Phi) is 2.78. The molecule has 0 spiro atoms. The Balaban J connectivity index is 2.00. The van der Waals surface area contributed by atoms with E-state index in [9.17, 15) is 10.5 Å². The van der Waals surface area contributed by atoms with Crippen molar-refractivity contribution in [2.45, 2.75) is 43.2 Å². The lowest BCUT2D eigenvalue weighted by molar-refractivity contribution is -0.158. The van der Waals surface area contributed by atoms with Crippen LogP contribution >= 0.6 is 11.6 Å². The van der Waals surface area contributed by atoms with Crippen molar-refractivity contribution in [3.8, 4) is 6.07 Å². The number of nitrogens with zero attached hydrogens (tertiary/aromatic N) is 3. The number of halogens is 1. The predicted octanol–water partition coefficient (Wildman–Crippen LogP) is 2.51. The van der Waals surface area contributed by atoms with Gasteiger partial charge in [-0.1, -0.05) is 11.6 Å². The van der Waals surface area contributed by atoms with Crippen molar-refractivity contribution in [2.75, 3.05) is 0 Å². The van der Waals surface area contributed by atoms with Crippen LogP contribution in [0.5, 0.6) is 0 Å². The van der Waals surface area contributed by atoms with Crippen molar-refractivity contribution in [3.05, 3.63) is 29.0 Å². The van der Waals surface area contributed by atoms with E-state index in [1.54, 1.807) is 12.4 Å². The molecular formula is C13H14ClN3O. The maximum Gasteiger partial charge on any atom is 0.0869 e. The molecule has 3 heterocycles. The normalized spacial score (nSPS) is 35.4. The van der Waals surface area contributed by atoms with Crippen LogP contribution in [0.3, 0.4) is 0 Å². The molecule has 2 unspecified atom stereocenters. The van der Waals surface area contributed by atoms with Crippen molar-refractivity contribution >= 4 is 11.6 Å². The molecule has 0 amide bonds. The topological polar surface area (TPSA) is 60.2 Å². The third kappa shape index (κ3) is 1.71. The molecule has 2 aliphatic heterocycles. The highest BCUT2D eigenvalue weighted by Crippen LogP contribution is 2.46. The number of aromatic nitrogens is 1. The molecule has 0 radical (unpaired) electrons. The van der Waals surface area contributed by atoms with Gasteiger partial charge < -0.3 is 5.21 Å². The van der Waals surface area contributed by atoms with Crippen molar-refractivity contribution in [2.24, 2.45) is 0 Å². The molecule has 0 saturated carbocycles. The largest absolute Gasteiger partial charge is 0.313 e. The quantitative estimate of drug-likeness (QED) is 0.846. The summed E-state index contributed by atoms with van der Waals surface area (Å²) >= 11 is 5.97. The Morgan fingerprint density at radius 1 is 1.39 bits per heavy atom. The standard InChI is InChI=1S/C13H14ClN3O/c14-10-3-9(6-16-7-10)13(8-15)4-11-1-2-12(5-13)17(11)18/h3,6-7,11-12,18H,1-2,4-5H2. The summed E-state index contributed by atoms with van der Waals surface area (Å²) in [5.74, 6) is 0. The second kappa shape index (κ2) is 4.20. The first-order valence-electron chi connectivity index (χ1n) is 6.14. The fraction of sp³-hybridized carbons (Fsp3) is 0.538. The Hall–Kier alpha value is -1.15. The van der Waals surface area contributed by atoms with Crippen LogP contribution in [-0.4, -0.2) is 27.3 Å². The average Bonchev–Trinajstić information content (AvgIpc) is 2.62. The van der Waals surface area contributed by atoms with E-state index in [0.29, 0.717) is 17.9 Å². The first-order valence-corrected chi connectivity index (χ1v) is 6.52. The van der Waals surface area contributed by atoms with E-state index in [0.717, 1.165) is 18.4 Å². The van der Waals surface area contributed by atoms with Gasteiger partial charge in [-0.25, -0.2) is 0 Å². The molecule has 0 aromatic carbocycles. The van der Waals surface area contributed by atoms with Gasteiger partial charge in [0, 0.05) is 24.5 Å². The van der Waals surface area contributed by atoms with Crippen molar-refractivity contribution in [1.82, 2.24) is 10.0 Å². The van der Waals surface area contributed by atoms with Crippen molar-refractivity contribution in [3.63, 3.8) is 0 Å². The second-order valence-electron chi connectivity index (χ2n) is 5.26. The summed E-state index contributed by atoms with van der Waals surface area (Å²) in [6.07, 6.45) is 6.52. The Morgan fingerprint density at radius 3 is 2.61 bits per heavy atom. The molecule has 18 heavy (non-hydrogen) atoms. The van der Waals surface area contributed by atoms with Gasteiger partial charge in [-0.2, -0.15) is 10.3 Å². The highest BCUT2D eigenvalue weighted by atomic mass is 35.5. The smallest absolute Gasteiger partial charge is 0.0869 e. The minimum Gasteiger partial charge on any atom is -0.313 e. The molecule has 2 fully saturated rings. The summed E-state index contributed by atoms with van der Waals surface area (Å²) in [6, 6.07) is 4.44. The summed E-state index contributed by atoms with van der Waals surface area (Å²) < 4.78 is 0. The molecule has 2 saturated heterocycles. The third-order valence-corrected chi connectivity index (χ3v) is 4.43. The lowest BCUT2D eigenvalue weighted by Gasteiger charge is -2.39. The number of pyridine rings is 1. The highest BCUT2D eigenvalue weighted by molar-refractivity contribution is 6.30. The summed E-state index contributed by atoms with van der Waals surface area (Å²) in [5.41, 5.74) is 0.325. The van der Waals surface area contributed by atoms with E-state index in [1.807, 2.05) is 6.07 Å². The average molecular weight is 264 g/mol. The molecule has 3 rings (SSSR count). The number of hydrogen-bond donors (Lipinski definition) is 1. The molecule has 2 bridgehead atoms. The van der Waals surface area contributed by atoms with Crippen molar-refractivity contribution in [1.29, 1.82) is 5.26 Å². The van der Waals surface area contributed by atoms with Gasteiger partial charge >= 0.3 is 0 Å². The van der Waals surface area contributed by atoms with Crippen LogP contribution in [0.1, 0.15) is 31.2 Å². The number of piperidine rings is 1. The zero-order chi connectivity index (χ0) is 12.8. The summed E-state index contributed by atoms with van der Waals surface area (Å²) in [6.45, 7) is 0. The van der Waals surface area contributed by atoms with E-state index in [4.69, 9.17) is 11.6 Å². The van der Waals surface area contributed by atoms with Crippen LogP contribution in [0, 0.1) is 11.3 Å². The molecular weight excluding hydrogens is 250 g/mol. The van der Waals surface area contributed by atoms with Crippen LogP contribution in [0.4, 0.5) is 0 Å². The first-order chi connectivity index (χ1) is 8.64. The van der Waals surface area contributed by atoms with Gasteiger partial charge in [0.15, 0.2) is 0 Å². The molecule has 94 valence electrons. The number of rotatable bonds is 1. The number of hydrogen-bond acceptors (Lipinski definition) is 4. The monoisotopic (exact) mass is 263 g/mol. The summed E-state index contributed by atoms with van der Waals surface area (Å²) in [7, 11) is 0. The summed E-state index contributed by atoms with van der Waals surface area (Å²) in [5, 5.41) is 21.5. The maximum absolute atomic E-state index is 9.92. The zero-order valence-electron chi connectivity index (χ0n) is 9.88. The van der Waals surface area contributed by atoms with Crippen LogP contribution in [-0.2, 0) is 5.41 Å². The van der Waals surface area contributed by atoms with E-state index in [2.05, 4.69) is 11.1 Å². The van der Waals surface area contributed by atoms with Gasteiger partial charge in [0.05, 0.1) is 16.5 Å². The fourth-order valence-electron chi connectivity index (χ4n) is 3.29. The fourth-order valence-corrected chi connectivity index (χ4v) is 3.47. The van der Waals surface area contributed by atoms with Crippen LogP contribution in [0.2, 0.25) is 5.02 Å². The molecule has 1 aromatic heterocycles. The Labute approximate surface area is 111 Å². The minimum absolute atomic E-state index is 0.0855. The molecule has 1 aromatic rings. The lowest BCUT2D eigenvalue weighted by atomic mass is 9.72. The van der Waals surface area contributed by atoms with Gasteiger partial charge in [0.2, 0.25) is 0 Å². The van der Waals surface area contributed by atoms with Crippen LogP contribution in [0.15, 0.2) is 18.5 Å². The second-order valence-corrected chi connectivity index (χ2v) is 5.70.